The van der Waals surface area contributed by atoms with E-state index in [1.165, 1.54) is 0 Å². The monoisotopic (exact) mass is 689 g/mol. The van der Waals surface area contributed by atoms with Crippen molar-refractivity contribution in [3.8, 4) is 0 Å². The average Bonchev–Trinajstić information content (AvgIpc) is 3.73. The number of nitrogens with zero attached hydrogens (tertiary/aromatic N) is 7. The highest BCUT2D eigenvalue weighted by Gasteiger charge is 2.49. The Morgan fingerprint density at radius 2 is 1.52 bits per heavy atom. The van der Waals surface area contributed by atoms with Gasteiger partial charge in [-0.1, -0.05) is 0 Å². The first-order valence-electron chi connectivity index (χ1n) is 12.9. The van der Waals surface area contributed by atoms with Gasteiger partial charge < -0.3 is 69.1 Å². The van der Waals surface area contributed by atoms with Crippen molar-refractivity contribution in [2.75, 3.05) is 24.7 Å². The molecule has 0 saturated carbocycles. The summed E-state index contributed by atoms with van der Waals surface area (Å²) >= 11 is 0. The fraction of sp³-hybridized carbons (Fsp3) is 0.500. The summed E-state index contributed by atoms with van der Waals surface area (Å²) in [6.45, 7) is -1.93. The molecular weight excluding hydrogens is 666 g/mol. The van der Waals surface area contributed by atoms with Gasteiger partial charge in [-0.3, -0.25) is 23.5 Å². The number of nitrogens with two attached hydrogens (primary N) is 2. The summed E-state index contributed by atoms with van der Waals surface area (Å²) in [6.07, 6.45) is -10.4. The Morgan fingerprint density at radius 1 is 0.913 bits per heavy atom. The standard InChI is InChI=1S/C20H26N10O14P2/c21-14-8-15(24-3-23-14)29(4-25-8)18-11(33)13(43-45(35,36)37)7(42-18)2-40-46(38,39)44-12-6(1-31)41-19(10(12)32)30-5-26-9-16(30)27-20(22)28-17(9)34/h3-7,10-13,18-19,31-33H,1-2H2,(H,38,39)(H2,21,23,24)(H2,35,36,37)(H3,22,27,28,34)/p-3/t6-,7-,10-,11-,12-,13-,18-,19-/m1/s1. The molecule has 6 heterocycles. The van der Waals surface area contributed by atoms with E-state index in [1.807, 2.05) is 0 Å². The van der Waals surface area contributed by atoms with Crippen molar-refractivity contribution in [1.29, 1.82) is 0 Å². The van der Waals surface area contributed by atoms with Crippen LogP contribution in [0.3, 0.4) is 0 Å². The average molecular weight is 689 g/mol. The topological polar surface area (TPSA) is 369 Å². The summed E-state index contributed by atoms with van der Waals surface area (Å²) in [5.74, 6) is -0.322. The van der Waals surface area contributed by atoms with E-state index in [-0.39, 0.29) is 34.1 Å². The summed E-state index contributed by atoms with van der Waals surface area (Å²) < 4.78 is 52.1. The molecule has 8 N–H and O–H groups in total. The zero-order valence-electron chi connectivity index (χ0n) is 22.8. The molecule has 0 aromatic carbocycles. The minimum absolute atomic E-state index is 0.0336. The number of aliphatic hydroxyl groups excluding tert-OH is 3. The van der Waals surface area contributed by atoms with Crippen molar-refractivity contribution in [2.24, 2.45) is 0 Å². The number of imidazole rings is 2. The van der Waals surface area contributed by atoms with Crippen molar-refractivity contribution in [3.05, 3.63) is 29.3 Å². The lowest BCUT2D eigenvalue weighted by atomic mass is 10.1. The Hall–Kier alpha value is -3.48. The van der Waals surface area contributed by atoms with Gasteiger partial charge in [-0.2, -0.15) is 4.98 Å². The van der Waals surface area contributed by atoms with Gasteiger partial charge in [-0.25, -0.2) is 19.9 Å². The smallest absolute Gasteiger partial charge is 0.280 e. The van der Waals surface area contributed by atoms with Crippen LogP contribution in [-0.2, 0) is 32.2 Å². The van der Waals surface area contributed by atoms with Crippen LogP contribution in [0, 0.1) is 0 Å². The lowest BCUT2D eigenvalue weighted by Crippen LogP contribution is -2.39. The van der Waals surface area contributed by atoms with E-state index in [1.54, 1.807) is 0 Å². The number of H-pyrrole nitrogens is 1. The maximum absolute atomic E-state index is 12.9. The molecule has 0 radical (unpaired) electrons. The second-order valence-electron chi connectivity index (χ2n) is 9.98. The van der Waals surface area contributed by atoms with Gasteiger partial charge in [-0.05, 0) is 0 Å². The molecule has 46 heavy (non-hydrogen) atoms. The zero-order chi connectivity index (χ0) is 33.1. The molecule has 2 aliphatic heterocycles. The third-order valence-electron chi connectivity index (χ3n) is 7.08. The van der Waals surface area contributed by atoms with Crippen LogP contribution in [0.1, 0.15) is 12.5 Å². The Kier molecular flexibility index (Phi) is 8.43. The molecule has 4 aromatic rings. The molecule has 2 fully saturated rings. The molecule has 250 valence electrons. The highest BCUT2D eigenvalue weighted by Crippen LogP contribution is 2.47. The third-order valence-corrected chi connectivity index (χ3v) is 8.55. The van der Waals surface area contributed by atoms with Gasteiger partial charge in [0.1, 0.15) is 48.5 Å². The third kappa shape index (κ3) is 6.02. The highest BCUT2D eigenvalue weighted by atomic mass is 31.2. The van der Waals surface area contributed by atoms with E-state index < -0.39 is 83.5 Å². The Morgan fingerprint density at radius 3 is 2.17 bits per heavy atom. The maximum atomic E-state index is 12.9. The van der Waals surface area contributed by atoms with Crippen LogP contribution < -0.4 is 31.7 Å². The number of aliphatic hydroxyl groups is 3. The van der Waals surface area contributed by atoms with Gasteiger partial charge >= 0.3 is 0 Å². The van der Waals surface area contributed by atoms with Crippen LogP contribution >= 0.6 is 15.6 Å². The summed E-state index contributed by atoms with van der Waals surface area (Å²) in [4.78, 5) is 69.8. The predicted molar refractivity (Wildman–Crippen MR) is 140 cm³/mol. The first-order valence-corrected chi connectivity index (χ1v) is 15.9. The van der Waals surface area contributed by atoms with E-state index in [0.29, 0.717) is 0 Å². The Balaban J connectivity index is 1.19. The molecular formula is C20H23N10O14P2-3. The SMILES string of the molecule is Nc1nc2c(ncn2[C@@H]2O[C@H](CO)[C@@H](OP(=O)([O-])OC[C@H]3O[C@@H](n4cnc5c(N)ncnc54)[C@H](O)[C@@H]3OP(=O)([O-])[O-])[C@H]2O)c(=O)[nH]1. The first-order chi connectivity index (χ1) is 21.7. The number of nitrogens with one attached hydrogen (secondary N) is 1. The largest absolute Gasteiger partial charge is 0.790 e. The van der Waals surface area contributed by atoms with Crippen LogP contribution in [0.2, 0.25) is 0 Å². The van der Waals surface area contributed by atoms with Crippen LogP contribution in [0.4, 0.5) is 11.8 Å². The van der Waals surface area contributed by atoms with E-state index in [4.69, 9.17) is 30.0 Å². The van der Waals surface area contributed by atoms with Gasteiger partial charge in [0, 0.05) is 0 Å². The molecule has 4 aromatic heterocycles. The second kappa shape index (κ2) is 12.0. The maximum Gasteiger partial charge on any atom is 0.280 e. The van der Waals surface area contributed by atoms with Crippen LogP contribution in [-0.4, -0.2) is 104 Å². The summed E-state index contributed by atoms with van der Waals surface area (Å²) in [7, 11) is -11.3. The number of rotatable bonds is 10. The van der Waals surface area contributed by atoms with Gasteiger partial charge in [0.15, 0.2) is 35.1 Å². The fourth-order valence-corrected chi connectivity index (χ4v) is 6.63. The zero-order valence-corrected chi connectivity index (χ0v) is 24.6. The summed E-state index contributed by atoms with van der Waals surface area (Å²) in [5.41, 5.74) is 10.5. The number of aromatic nitrogens is 8. The van der Waals surface area contributed by atoms with Gasteiger partial charge in [0.05, 0.1) is 33.7 Å². The molecule has 0 spiro atoms. The van der Waals surface area contributed by atoms with Gasteiger partial charge in [0.25, 0.3) is 13.4 Å². The van der Waals surface area contributed by atoms with Crippen LogP contribution in [0.25, 0.3) is 22.3 Å². The minimum atomic E-state index is -5.78. The quantitative estimate of drug-likeness (QED) is 0.0846. The van der Waals surface area contributed by atoms with Crippen LogP contribution in [0.5, 0.6) is 0 Å². The van der Waals surface area contributed by atoms with E-state index in [2.05, 4.69) is 34.4 Å². The molecule has 24 nitrogen and oxygen atoms in total. The predicted octanol–water partition coefficient (Wildman–Crippen LogP) is -5.28. The number of phosphoric ester groups is 2. The van der Waals surface area contributed by atoms with Crippen molar-refractivity contribution < 1.29 is 62.2 Å². The molecule has 1 unspecified atom stereocenters. The summed E-state index contributed by atoms with van der Waals surface area (Å²) in [5, 5.41) is 31.6. The van der Waals surface area contributed by atoms with E-state index in [0.717, 1.165) is 28.1 Å². The number of hydrogen-bond donors (Lipinski definition) is 6. The molecule has 0 amide bonds. The Labute approximate surface area is 254 Å². The van der Waals surface area contributed by atoms with Crippen molar-refractivity contribution >= 4 is 49.7 Å². The van der Waals surface area contributed by atoms with E-state index in [9.17, 15) is 43.9 Å². The number of ether oxygens (including phenoxy) is 2. The molecule has 2 saturated heterocycles. The summed E-state index contributed by atoms with van der Waals surface area (Å²) in [6, 6.07) is 0. The van der Waals surface area contributed by atoms with Crippen molar-refractivity contribution in [2.45, 2.75) is 49.1 Å². The molecule has 2 aliphatic rings. The first kappa shape index (κ1) is 32.5. The normalized spacial score (nSPS) is 30.0. The molecule has 0 bridgehead atoms. The van der Waals surface area contributed by atoms with Gasteiger partial charge in [-0.15, -0.1) is 0 Å². The number of phosphoric acid groups is 2. The molecule has 6 rings (SSSR count). The minimum Gasteiger partial charge on any atom is -0.790 e. The lowest BCUT2D eigenvalue weighted by molar-refractivity contribution is -0.347. The van der Waals surface area contributed by atoms with Crippen molar-refractivity contribution in [1.82, 2.24) is 39.0 Å². The Bertz CT molecular complexity index is 1910. The molecule has 9 atom stereocenters. The number of aromatic amines is 1. The lowest BCUT2D eigenvalue weighted by Gasteiger charge is -2.35. The number of hydrogen-bond acceptors (Lipinski definition) is 21. The van der Waals surface area contributed by atoms with Crippen molar-refractivity contribution in [3.63, 3.8) is 0 Å². The molecule has 0 aliphatic carbocycles. The van der Waals surface area contributed by atoms with E-state index >= 15 is 0 Å². The van der Waals surface area contributed by atoms with Crippen LogP contribution in [0.15, 0.2) is 23.8 Å². The number of anilines is 2. The molecule has 26 heteroatoms. The number of fused-ring (bicyclic) bond motifs is 2. The second-order valence-corrected chi connectivity index (χ2v) is 12.5. The highest BCUT2D eigenvalue weighted by molar-refractivity contribution is 7.45. The number of nitrogen functional groups attached to an aromatic ring is 2. The fourth-order valence-electron chi connectivity index (χ4n) is 5.12. The van der Waals surface area contributed by atoms with Gasteiger partial charge in [0.2, 0.25) is 5.95 Å².